The van der Waals surface area contributed by atoms with Gasteiger partial charge in [-0.15, -0.1) is 0 Å². The van der Waals surface area contributed by atoms with Crippen LogP contribution in [0.3, 0.4) is 0 Å². The molecular weight excluding hydrogens is 352 g/mol. The fourth-order valence-electron chi connectivity index (χ4n) is 2.25. The van der Waals surface area contributed by atoms with Gasteiger partial charge in [-0.25, -0.2) is 0 Å². The molecule has 0 unspecified atom stereocenters. The van der Waals surface area contributed by atoms with Gasteiger partial charge in [-0.05, 0) is 6.42 Å². The Hall–Kier alpha value is -1.30. The van der Waals surface area contributed by atoms with Crippen LogP contribution in [0.25, 0.3) is 0 Å². The number of aliphatic hydroxyl groups excluding tert-OH is 4. The molecule has 0 saturated carbocycles. The van der Waals surface area contributed by atoms with Crippen LogP contribution in [0.1, 0.15) is 33.1 Å². The predicted octanol–water partition coefficient (Wildman–Crippen LogP) is -1.53. The first kappa shape index (κ1) is 22.7. The van der Waals surface area contributed by atoms with Gasteiger partial charge in [0.15, 0.2) is 12.4 Å². The molecule has 0 aliphatic carbocycles. The summed E-state index contributed by atoms with van der Waals surface area (Å²) in [6.45, 7) is 2.31. The van der Waals surface area contributed by atoms with Gasteiger partial charge in [-0.2, -0.15) is 0 Å². The van der Waals surface area contributed by atoms with E-state index in [4.69, 9.17) is 24.1 Å². The van der Waals surface area contributed by atoms with E-state index in [9.17, 15) is 24.9 Å². The second-order valence-electron chi connectivity index (χ2n) is 5.93. The number of hydrogen-bond donors (Lipinski definition) is 4. The molecule has 0 spiro atoms. The fraction of sp³-hybridized carbons (Fsp3) is 0.875. The van der Waals surface area contributed by atoms with Gasteiger partial charge in [0.1, 0.15) is 31.0 Å². The molecule has 0 radical (unpaired) electrons. The van der Waals surface area contributed by atoms with E-state index in [1.165, 1.54) is 0 Å². The van der Waals surface area contributed by atoms with Crippen LogP contribution in [0.4, 0.5) is 0 Å². The van der Waals surface area contributed by atoms with Crippen LogP contribution in [0.2, 0.25) is 0 Å². The van der Waals surface area contributed by atoms with Crippen LogP contribution in [0.15, 0.2) is 0 Å². The lowest BCUT2D eigenvalue weighted by molar-refractivity contribution is -0.305. The van der Waals surface area contributed by atoms with Gasteiger partial charge in [0.2, 0.25) is 0 Å². The summed E-state index contributed by atoms with van der Waals surface area (Å²) in [6, 6.07) is 0. The van der Waals surface area contributed by atoms with Crippen LogP contribution in [-0.2, 0) is 28.5 Å². The highest BCUT2D eigenvalue weighted by Gasteiger charge is 2.44. The number of hydrogen-bond acceptors (Lipinski definition) is 10. The Morgan fingerprint density at radius 2 is 1.73 bits per heavy atom. The Kier molecular flexibility index (Phi) is 9.99. The van der Waals surface area contributed by atoms with Crippen molar-refractivity contribution in [1.82, 2.24) is 0 Å². The Morgan fingerprint density at radius 3 is 2.31 bits per heavy atom. The summed E-state index contributed by atoms with van der Waals surface area (Å²) in [4.78, 5) is 23.0. The molecule has 152 valence electrons. The summed E-state index contributed by atoms with van der Waals surface area (Å²) >= 11 is 0. The smallest absolute Gasteiger partial charge is 0.305 e. The van der Waals surface area contributed by atoms with Crippen molar-refractivity contribution in [3.05, 3.63) is 0 Å². The summed E-state index contributed by atoms with van der Waals surface area (Å²) < 4.78 is 20.6. The normalized spacial score (nSPS) is 29.8. The topological polar surface area (TPSA) is 152 Å². The predicted molar refractivity (Wildman–Crippen MR) is 85.8 cm³/mol. The second kappa shape index (κ2) is 11.4. The highest BCUT2D eigenvalue weighted by molar-refractivity contribution is 5.70. The second-order valence-corrected chi connectivity index (χ2v) is 5.93. The lowest BCUT2D eigenvalue weighted by Crippen LogP contribution is -2.59. The Balaban J connectivity index is 2.62. The van der Waals surface area contributed by atoms with Gasteiger partial charge in [-0.3, -0.25) is 9.59 Å². The standard InChI is InChI=1S/C16H28O10/c1-3-5-12(19)23-7-9(25-11(18)4-2)8-24-16-15(22)14(21)13(20)10(6-17)26-16/h9-10,13-17,20-22H,3-8H2,1-2H3/t9-,10-,13+,14+,15-,16-/m1/s1. The molecule has 1 fully saturated rings. The number of rotatable bonds is 10. The molecular formula is C16H28O10. The van der Waals surface area contributed by atoms with Crippen molar-refractivity contribution in [2.24, 2.45) is 0 Å². The monoisotopic (exact) mass is 380 g/mol. The third kappa shape index (κ3) is 6.78. The number of carbonyl (C=O) groups is 2. The Labute approximate surface area is 151 Å². The summed E-state index contributed by atoms with van der Waals surface area (Å²) in [5.74, 6) is -0.975. The average Bonchev–Trinajstić information content (AvgIpc) is 2.63. The zero-order chi connectivity index (χ0) is 19.7. The molecule has 0 aromatic heterocycles. The lowest BCUT2D eigenvalue weighted by Gasteiger charge is -2.39. The van der Waals surface area contributed by atoms with Crippen LogP contribution >= 0.6 is 0 Å². The van der Waals surface area contributed by atoms with Crippen molar-refractivity contribution in [1.29, 1.82) is 0 Å². The maximum absolute atomic E-state index is 11.5. The molecule has 26 heavy (non-hydrogen) atoms. The molecule has 0 aromatic rings. The van der Waals surface area contributed by atoms with Crippen molar-refractivity contribution in [2.75, 3.05) is 19.8 Å². The molecule has 1 aliphatic heterocycles. The molecule has 10 heteroatoms. The Bertz CT molecular complexity index is 441. The van der Waals surface area contributed by atoms with E-state index in [-0.39, 0.29) is 26.1 Å². The molecule has 0 aromatic carbocycles. The highest BCUT2D eigenvalue weighted by Crippen LogP contribution is 2.22. The molecule has 1 heterocycles. The molecule has 10 nitrogen and oxygen atoms in total. The van der Waals surface area contributed by atoms with Gasteiger partial charge in [0.25, 0.3) is 0 Å². The minimum atomic E-state index is -1.58. The maximum Gasteiger partial charge on any atom is 0.305 e. The summed E-state index contributed by atoms with van der Waals surface area (Å²) in [5, 5.41) is 38.5. The van der Waals surface area contributed by atoms with E-state index in [0.717, 1.165) is 0 Å². The molecule has 1 saturated heterocycles. The maximum atomic E-state index is 11.5. The van der Waals surface area contributed by atoms with Crippen molar-refractivity contribution >= 4 is 11.9 Å². The van der Waals surface area contributed by atoms with Gasteiger partial charge < -0.3 is 39.4 Å². The number of carbonyl (C=O) groups excluding carboxylic acids is 2. The first-order valence-electron chi connectivity index (χ1n) is 8.61. The summed E-state index contributed by atoms with van der Waals surface area (Å²) in [6.07, 6.45) is -7.12. The molecule has 6 atom stereocenters. The molecule has 4 N–H and O–H groups in total. The molecule has 0 amide bonds. The van der Waals surface area contributed by atoms with Crippen LogP contribution in [0.5, 0.6) is 0 Å². The van der Waals surface area contributed by atoms with Crippen molar-refractivity contribution in [3.63, 3.8) is 0 Å². The van der Waals surface area contributed by atoms with Gasteiger partial charge in [-0.1, -0.05) is 13.8 Å². The van der Waals surface area contributed by atoms with Crippen molar-refractivity contribution in [3.8, 4) is 0 Å². The average molecular weight is 380 g/mol. The van der Waals surface area contributed by atoms with E-state index >= 15 is 0 Å². The molecule has 0 bridgehead atoms. The minimum Gasteiger partial charge on any atom is -0.462 e. The van der Waals surface area contributed by atoms with Crippen molar-refractivity contribution in [2.45, 2.75) is 69.9 Å². The van der Waals surface area contributed by atoms with E-state index in [0.29, 0.717) is 6.42 Å². The van der Waals surface area contributed by atoms with Crippen LogP contribution in [-0.4, -0.2) is 89.0 Å². The zero-order valence-electron chi connectivity index (χ0n) is 14.9. The first-order valence-corrected chi connectivity index (χ1v) is 8.61. The Morgan fingerprint density at radius 1 is 1.04 bits per heavy atom. The van der Waals surface area contributed by atoms with E-state index in [2.05, 4.69) is 0 Å². The van der Waals surface area contributed by atoms with E-state index in [1.54, 1.807) is 6.92 Å². The van der Waals surface area contributed by atoms with E-state index in [1.807, 2.05) is 6.92 Å². The van der Waals surface area contributed by atoms with Gasteiger partial charge in [0.05, 0.1) is 13.2 Å². The quantitative estimate of drug-likeness (QED) is 0.328. The summed E-state index contributed by atoms with van der Waals surface area (Å²) in [5.41, 5.74) is 0. The summed E-state index contributed by atoms with van der Waals surface area (Å²) in [7, 11) is 0. The van der Waals surface area contributed by atoms with Crippen LogP contribution < -0.4 is 0 Å². The SMILES string of the molecule is CCCC(=O)OC[C@H](CO[C@@H]1O[C@H](CO)[C@H](O)[C@H](O)[C@H]1O)OC(=O)CC. The first-order chi connectivity index (χ1) is 12.3. The largest absolute Gasteiger partial charge is 0.462 e. The lowest BCUT2D eigenvalue weighted by atomic mass is 9.99. The molecule has 1 aliphatic rings. The minimum absolute atomic E-state index is 0.111. The number of aliphatic hydroxyl groups is 4. The third-order valence-corrected chi connectivity index (χ3v) is 3.77. The number of esters is 2. The highest BCUT2D eigenvalue weighted by atomic mass is 16.7. The van der Waals surface area contributed by atoms with E-state index < -0.39 is 55.4 Å². The van der Waals surface area contributed by atoms with Gasteiger partial charge >= 0.3 is 11.9 Å². The van der Waals surface area contributed by atoms with Crippen LogP contribution in [0, 0.1) is 0 Å². The number of ether oxygens (including phenoxy) is 4. The van der Waals surface area contributed by atoms with Gasteiger partial charge in [0, 0.05) is 12.8 Å². The third-order valence-electron chi connectivity index (χ3n) is 3.77. The fourth-order valence-corrected chi connectivity index (χ4v) is 2.25. The molecule has 1 rings (SSSR count). The van der Waals surface area contributed by atoms with Crippen molar-refractivity contribution < 1.29 is 49.0 Å². The zero-order valence-corrected chi connectivity index (χ0v) is 14.9.